The lowest BCUT2D eigenvalue weighted by Gasteiger charge is -2.16. The average molecular weight is 265 g/mol. The molecule has 0 unspecified atom stereocenters. The molecule has 1 aromatic rings. The van der Waals surface area contributed by atoms with Gasteiger partial charge >= 0.3 is 8.69 Å². The second kappa shape index (κ2) is 6.92. The van der Waals surface area contributed by atoms with Crippen molar-refractivity contribution in [2.75, 3.05) is 13.7 Å². The highest BCUT2D eigenvalue weighted by Crippen LogP contribution is 2.30. The van der Waals surface area contributed by atoms with Crippen molar-refractivity contribution in [2.45, 2.75) is 12.5 Å². The maximum atomic E-state index is 13.5. The van der Waals surface area contributed by atoms with Crippen molar-refractivity contribution in [2.24, 2.45) is 0 Å². The van der Waals surface area contributed by atoms with Crippen LogP contribution >= 0.6 is 20.3 Å². The van der Waals surface area contributed by atoms with Gasteiger partial charge in [0.1, 0.15) is 5.82 Å². The van der Waals surface area contributed by atoms with Gasteiger partial charge in [-0.25, -0.2) is 8.96 Å². The van der Waals surface area contributed by atoms with E-state index in [1.165, 1.54) is 19.2 Å². The number of hydrogen-bond donors (Lipinski definition) is 0. The highest BCUT2D eigenvalue weighted by Gasteiger charge is 2.18. The summed E-state index contributed by atoms with van der Waals surface area (Å²) in [5.41, 5.74) is 0.304. The standard InChI is InChI=1S/C10H11ClFO3P/c1-14-9(5-6-15-16-13)10-7(11)3-2-4-8(10)12/h2-4,9H,5-6H2,1H3/t9-/m0/s1. The van der Waals surface area contributed by atoms with Crippen molar-refractivity contribution >= 4 is 20.3 Å². The zero-order valence-electron chi connectivity index (χ0n) is 8.65. The largest absolute Gasteiger partial charge is 0.377 e. The third kappa shape index (κ3) is 3.49. The summed E-state index contributed by atoms with van der Waals surface area (Å²) >= 11 is 5.89. The molecule has 6 heteroatoms. The lowest BCUT2D eigenvalue weighted by Crippen LogP contribution is -2.07. The molecule has 0 amide bonds. The Morgan fingerprint density at radius 3 is 2.88 bits per heavy atom. The minimum Gasteiger partial charge on any atom is -0.377 e. The third-order valence-corrected chi connectivity index (χ3v) is 2.75. The molecule has 16 heavy (non-hydrogen) atoms. The first-order valence-electron chi connectivity index (χ1n) is 4.62. The van der Waals surface area contributed by atoms with Crippen molar-refractivity contribution < 1.29 is 18.2 Å². The maximum Gasteiger partial charge on any atom is 0.327 e. The van der Waals surface area contributed by atoms with Gasteiger partial charge in [-0.3, -0.25) is 4.52 Å². The van der Waals surface area contributed by atoms with Gasteiger partial charge in [0.15, 0.2) is 0 Å². The van der Waals surface area contributed by atoms with Crippen LogP contribution in [0.2, 0.25) is 5.02 Å². The van der Waals surface area contributed by atoms with Gasteiger partial charge in [0.25, 0.3) is 0 Å². The molecule has 0 bridgehead atoms. The Hall–Kier alpha value is -0.540. The molecule has 1 atom stereocenters. The number of halogens is 2. The molecule has 0 fully saturated rings. The average Bonchev–Trinajstić information content (AvgIpc) is 2.26. The third-order valence-electron chi connectivity index (χ3n) is 2.13. The summed E-state index contributed by atoms with van der Waals surface area (Å²) in [5, 5.41) is 0.312. The molecule has 3 nitrogen and oxygen atoms in total. The lowest BCUT2D eigenvalue weighted by molar-refractivity contribution is 0.0802. The summed E-state index contributed by atoms with van der Waals surface area (Å²) in [6.07, 6.45) is -0.123. The van der Waals surface area contributed by atoms with Gasteiger partial charge in [-0.15, -0.1) is 0 Å². The first kappa shape index (κ1) is 13.5. The summed E-state index contributed by atoms with van der Waals surface area (Å²) in [5.74, 6) is -0.418. The fourth-order valence-corrected chi connectivity index (χ4v) is 1.86. The number of hydrogen-bond acceptors (Lipinski definition) is 3. The van der Waals surface area contributed by atoms with E-state index in [4.69, 9.17) is 16.3 Å². The van der Waals surface area contributed by atoms with Crippen molar-refractivity contribution in [1.82, 2.24) is 0 Å². The van der Waals surface area contributed by atoms with E-state index in [2.05, 4.69) is 4.52 Å². The number of methoxy groups -OCH3 is 1. The number of ether oxygens (including phenoxy) is 1. The summed E-state index contributed by atoms with van der Waals surface area (Å²) in [6, 6.07) is 4.44. The molecule has 0 aliphatic heterocycles. The molecule has 0 spiro atoms. The summed E-state index contributed by atoms with van der Waals surface area (Å²) in [4.78, 5) is 0. The lowest BCUT2D eigenvalue weighted by atomic mass is 10.1. The molecule has 0 saturated heterocycles. The van der Waals surface area contributed by atoms with Crippen LogP contribution in [0, 0.1) is 5.82 Å². The van der Waals surface area contributed by atoms with E-state index in [1.807, 2.05) is 0 Å². The number of rotatable bonds is 6. The highest BCUT2D eigenvalue weighted by molar-refractivity contribution is 7.17. The van der Waals surface area contributed by atoms with Crippen LogP contribution in [-0.4, -0.2) is 13.7 Å². The van der Waals surface area contributed by atoms with Crippen molar-refractivity contribution in [3.05, 3.63) is 34.6 Å². The Morgan fingerprint density at radius 2 is 2.31 bits per heavy atom. The Balaban J connectivity index is 2.81. The summed E-state index contributed by atoms with van der Waals surface area (Å²) < 4.78 is 33.4. The predicted octanol–water partition coefficient (Wildman–Crippen LogP) is 3.78. The second-order valence-electron chi connectivity index (χ2n) is 3.06. The molecular formula is C10H11ClFO3P. The van der Waals surface area contributed by atoms with Crippen LogP contribution in [0.1, 0.15) is 18.1 Å². The first-order valence-corrected chi connectivity index (χ1v) is 5.72. The van der Waals surface area contributed by atoms with Crippen molar-refractivity contribution in [1.29, 1.82) is 0 Å². The second-order valence-corrected chi connectivity index (χ2v) is 3.87. The molecular weight excluding hydrogens is 254 g/mol. The fourth-order valence-electron chi connectivity index (χ4n) is 1.40. The summed E-state index contributed by atoms with van der Waals surface area (Å²) in [6.45, 7) is 0.203. The van der Waals surface area contributed by atoms with Gasteiger partial charge in [-0.05, 0) is 12.1 Å². The van der Waals surface area contributed by atoms with Crippen LogP contribution in [0.15, 0.2) is 18.2 Å². The van der Waals surface area contributed by atoms with E-state index < -0.39 is 20.6 Å². The first-order chi connectivity index (χ1) is 7.70. The van der Waals surface area contributed by atoms with E-state index in [0.717, 1.165) is 0 Å². The quantitative estimate of drug-likeness (QED) is 0.579. The van der Waals surface area contributed by atoms with Crippen LogP contribution in [0.25, 0.3) is 0 Å². The van der Waals surface area contributed by atoms with Gasteiger partial charge in [0.05, 0.1) is 12.7 Å². The zero-order valence-corrected chi connectivity index (χ0v) is 10.3. The van der Waals surface area contributed by atoms with Crippen LogP contribution < -0.4 is 0 Å². The van der Waals surface area contributed by atoms with Crippen molar-refractivity contribution in [3.8, 4) is 0 Å². The topological polar surface area (TPSA) is 35.5 Å². The van der Waals surface area contributed by atoms with Gasteiger partial charge in [0, 0.05) is 24.1 Å². The molecule has 88 valence electrons. The Bertz CT molecular complexity index is 342. The Kier molecular flexibility index (Phi) is 5.85. The molecule has 0 aromatic heterocycles. The minimum atomic E-state index is -0.504. The highest BCUT2D eigenvalue weighted by atomic mass is 35.5. The van der Waals surface area contributed by atoms with Gasteiger partial charge in [-0.2, -0.15) is 0 Å². The molecule has 1 aromatic carbocycles. The van der Waals surface area contributed by atoms with Gasteiger partial charge < -0.3 is 4.74 Å². The molecule has 0 N–H and O–H groups in total. The number of benzene rings is 1. The van der Waals surface area contributed by atoms with Crippen LogP contribution in [-0.2, 0) is 13.8 Å². The zero-order chi connectivity index (χ0) is 12.0. The minimum absolute atomic E-state index is 0.203. The molecule has 0 aliphatic rings. The fraction of sp³-hybridized carbons (Fsp3) is 0.400. The molecule has 1 rings (SSSR count). The molecule has 0 aliphatic carbocycles. The van der Waals surface area contributed by atoms with Crippen molar-refractivity contribution in [3.63, 3.8) is 0 Å². The maximum absolute atomic E-state index is 13.5. The van der Waals surface area contributed by atoms with Crippen LogP contribution in [0.4, 0.5) is 4.39 Å². The van der Waals surface area contributed by atoms with Gasteiger partial charge in [0.2, 0.25) is 0 Å². The van der Waals surface area contributed by atoms with E-state index in [1.54, 1.807) is 6.07 Å². The van der Waals surface area contributed by atoms with E-state index in [-0.39, 0.29) is 6.61 Å². The van der Waals surface area contributed by atoms with E-state index in [0.29, 0.717) is 17.0 Å². The van der Waals surface area contributed by atoms with Crippen LogP contribution in [0.5, 0.6) is 0 Å². The van der Waals surface area contributed by atoms with Crippen LogP contribution in [0.3, 0.4) is 0 Å². The Labute approximate surface area is 99.8 Å². The normalized spacial score (nSPS) is 12.9. The SMILES string of the molecule is CO[C@@H](CCOP=O)c1c(F)cccc1Cl. The monoisotopic (exact) mass is 264 g/mol. The smallest absolute Gasteiger partial charge is 0.327 e. The van der Waals surface area contributed by atoms with E-state index in [9.17, 15) is 8.96 Å². The van der Waals surface area contributed by atoms with E-state index >= 15 is 0 Å². The summed E-state index contributed by atoms with van der Waals surface area (Å²) in [7, 11) is 1.06. The predicted molar refractivity (Wildman–Crippen MR) is 59.3 cm³/mol. The molecule has 0 radical (unpaired) electrons. The van der Waals surface area contributed by atoms with Gasteiger partial charge in [-0.1, -0.05) is 17.7 Å². The molecule has 0 heterocycles. The Morgan fingerprint density at radius 1 is 1.56 bits per heavy atom. The molecule has 0 saturated carbocycles.